The highest BCUT2D eigenvalue weighted by Gasteiger charge is 2.33. The lowest BCUT2D eigenvalue weighted by molar-refractivity contribution is 0.174. The van der Waals surface area contributed by atoms with Gasteiger partial charge in [-0.15, -0.1) is 0 Å². The van der Waals surface area contributed by atoms with Crippen LogP contribution < -0.4 is 5.73 Å². The number of piperidine rings is 1. The largest absolute Gasteiger partial charge is 0.409 e. The summed E-state index contributed by atoms with van der Waals surface area (Å²) in [5, 5.41) is 11.6. The van der Waals surface area contributed by atoms with Gasteiger partial charge in [0.1, 0.15) is 5.84 Å². The van der Waals surface area contributed by atoms with E-state index in [2.05, 4.69) is 10.1 Å². The SMILES string of the molecule is CS(=O)(=O)N1CCCC(CN(CCC(N)=NO)C2CC2)C1. The maximum Gasteiger partial charge on any atom is 0.211 e. The van der Waals surface area contributed by atoms with Gasteiger partial charge in [0.15, 0.2) is 0 Å². The second-order valence-electron chi connectivity index (χ2n) is 6.20. The molecule has 7 nitrogen and oxygen atoms in total. The fourth-order valence-electron chi connectivity index (χ4n) is 2.98. The van der Waals surface area contributed by atoms with E-state index in [9.17, 15) is 8.42 Å². The summed E-state index contributed by atoms with van der Waals surface area (Å²) in [7, 11) is -3.09. The van der Waals surface area contributed by atoms with Crippen molar-refractivity contribution in [2.24, 2.45) is 16.8 Å². The molecule has 21 heavy (non-hydrogen) atoms. The Morgan fingerprint density at radius 3 is 2.71 bits per heavy atom. The molecular formula is C13H26N4O3S. The third-order valence-corrected chi connectivity index (χ3v) is 5.56. The Hall–Kier alpha value is -0.860. The van der Waals surface area contributed by atoms with Crippen molar-refractivity contribution in [3.8, 4) is 0 Å². The Labute approximate surface area is 126 Å². The molecule has 0 aromatic heterocycles. The number of amidine groups is 1. The zero-order valence-corrected chi connectivity index (χ0v) is 13.4. The molecule has 8 heteroatoms. The molecule has 1 atom stereocenters. The molecule has 0 aromatic carbocycles. The van der Waals surface area contributed by atoms with Gasteiger partial charge in [-0.2, -0.15) is 0 Å². The van der Waals surface area contributed by atoms with Gasteiger partial charge in [0.2, 0.25) is 10.0 Å². The Morgan fingerprint density at radius 2 is 2.14 bits per heavy atom. The minimum atomic E-state index is -3.09. The summed E-state index contributed by atoms with van der Waals surface area (Å²) in [6, 6.07) is 0.588. The number of hydrogen-bond acceptors (Lipinski definition) is 5. The number of rotatable bonds is 7. The molecule has 1 aliphatic carbocycles. The Balaban J connectivity index is 1.88. The standard InChI is InChI=1S/C13H26N4O3S/c1-21(19,20)17-7-2-3-11(10-17)9-16(12-4-5-12)8-6-13(14)15-18/h11-12,18H,2-10H2,1H3,(H2,14,15). The van der Waals surface area contributed by atoms with Crippen LogP contribution in [0.5, 0.6) is 0 Å². The van der Waals surface area contributed by atoms with E-state index in [1.807, 2.05) is 0 Å². The predicted octanol–water partition coefficient (Wildman–Crippen LogP) is 0.259. The highest BCUT2D eigenvalue weighted by Crippen LogP contribution is 2.29. The van der Waals surface area contributed by atoms with Crippen LogP contribution in [0.15, 0.2) is 5.16 Å². The van der Waals surface area contributed by atoms with E-state index >= 15 is 0 Å². The van der Waals surface area contributed by atoms with Crippen molar-refractivity contribution in [1.29, 1.82) is 0 Å². The van der Waals surface area contributed by atoms with E-state index in [-0.39, 0.29) is 5.84 Å². The molecule has 0 aromatic rings. The van der Waals surface area contributed by atoms with E-state index in [1.165, 1.54) is 19.1 Å². The molecule has 1 saturated heterocycles. The molecule has 0 radical (unpaired) electrons. The maximum atomic E-state index is 11.7. The summed E-state index contributed by atoms with van der Waals surface area (Å²) < 4.78 is 24.9. The number of hydrogen-bond donors (Lipinski definition) is 2. The molecular weight excluding hydrogens is 292 g/mol. The zero-order valence-electron chi connectivity index (χ0n) is 12.6. The first-order chi connectivity index (χ1) is 9.90. The Morgan fingerprint density at radius 1 is 1.43 bits per heavy atom. The number of nitrogens with zero attached hydrogens (tertiary/aromatic N) is 3. The average Bonchev–Trinajstić information content (AvgIpc) is 3.27. The Bertz CT molecular complexity index is 476. The molecule has 2 fully saturated rings. The van der Waals surface area contributed by atoms with E-state index in [0.29, 0.717) is 31.5 Å². The highest BCUT2D eigenvalue weighted by atomic mass is 32.2. The summed E-state index contributed by atoms with van der Waals surface area (Å²) in [6.45, 7) is 2.93. The molecule has 1 saturated carbocycles. The van der Waals surface area contributed by atoms with Crippen molar-refractivity contribution in [3.05, 3.63) is 0 Å². The van der Waals surface area contributed by atoms with Crippen LogP contribution in [0.1, 0.15) is 32.1 Å². The van der Waals surface area contributed by atoms with Crippen molar-refractivity contribution in [3.63, 3.8) is 0 Å². The fraction of sp³-hybridized carbons (Fsp3) is 0.923. The molecule has 1 heterocycles. The molecule has 122 valence electrons. The summed E-state index contributed by atoms with van der Waals surface area (Å²) in [4.78, 5) is 2.37. The van der Waals surface area contributed by atoms with Crippen LogP contribution in [-0.2, 0) is 10.0 Å². The van der Waals surface area contributed by atoms with Gasteiger partial charge in [-0.1, -0.05) is 5.16 Å². The number of oxime groups is 1. The summed E-state index contributed by atoms with van der Waals surface area (Å²) in [6.07, 6.45) is 6.22. The second kappa shape index (κ2) is 6.93. The smallest absolute Gasteiger partial charge is 0.211 e. The predicted molar refractivity (Wildman–Crippen MR) is 81.8 cm³/mol. The quantitative estimate of drug-likeness (QED) is 0.303. The monoisotopic (exact) mass is 318 g/mol. The first-order valence-corrected chi connectivity index (χ1v) is 9.40. The van der Waals surface area contributed by atoms with Crippen LogP contribution in [0.4, 0.5) is 0 Å². The Kier molecular flexibility index (Phi) is 5.45. The first-order valence-electron chi connectivity index (χ1n) is 7.55. The van der Waals surface area contributed by atoms with Crippen LogP contribution in [0.2, 0.25) is 0 Å². The van der Waals surface area contributed by atoms with E-state index in [0.717, 1.165) is 25.9 Å². The number of nitrogens with two attached hydrogens (primary N) is 1. The van der Waals surface area contributed by atoms with Gasteiger partial charge < -0.3 is 10.9 Å². The van der Waals surface area contributed by atoms with Crippen molar-refractivity contribution in [2.75, 3.05) is 32.4 Å². The van der Waals surface area contributed by atoms with E-state index < -0.39 is 10.0 Å². The van der Waals surface area contributed by atoms with E-state index in [4.69, 9.17) is 10.9 Å². The fourth-order valence-corrected chi connectivity index (χ4v) is 3.92. The van der Waals surface area contributed by atoms with Crippen molar-refractivity contribution < 1.29 is 13.6 Å². The van der Waals surface area contributed by atoms with Gasteiger partial charge in [-0.05, 0) is 31.6 Å². The second-order valence-corrected chi connectivity index (χ2v) is 8.18. The molecule has 2 rings (SSSR count). The molecule has 1 unspecified atom stereocenters. The van der Waals surface area contributed by atoms with Gasteiger partial charge in [0.25, 0.3) is 0 Å². The van der Waals surface area contributed by atoms with Crippen LogP contribution in [0.3, 0.4) is 0 Å². The molecule has 0 amide bonds. The molecule has 2 aliphatic rings. The van der Waals surface area contributed by atoms with Gasteiger partial charge in [0, 0.05) is 38.6 Å². The van der Waals surface area contributed by atoms with Gasteiger partial charge in [-0.25, -0.2) is 12.7 Å². The van der Waals surface area contributed by atoms with Gasteiger partial charge >= 0.3 is 0 Å². The normalized spacial score (nSPS) is 25.4. The minimum absolute atomic E-state index is 0.252. The zero-order chi connectivity index (χ0) is 15.5. The van der Waals surface area contributed by atoms with Crippen molar-refractivity contribution in [2.45, 2.75) is 38.1 Å². The average molecular weight is 318 g/mol. The van der Waals surface area contributed by atoms with E-state index in [1.54, 1.807) is 4.31 Å². The van der Waals surface area contributed by atoms with Gasteiger partial charge in [-0.3, -0.25) is 4.90 Å². The van der Waals surface area contributed by atoms with Crippen molar-refractivity contribution >= 4 is 15.9 Å². The first kappa shape index (κ1) is 16.5. The summed E-state index contributed by atoms with van der Waals surface area (Å²) in [5.41, 5.74) is 5.54. The summed E-state index contributed by atoms with van der Waals surface area (Å²) in [5.74, 6) is 0.628. The van der Waals surface area contributed by atoms with Crippen LogP contribution >= 0.6 is 0 Å². The highest BCUT2D eigenvalue weighted by molar-refractivity contribution is 7.88. The minimum Gasteiger partial charge on any atom is -0.409 e. The summed E-state index contributed by atoms with van der Waals surface area (Å²) >= 11 is 0. The lowest BCUT2D eigenvalue weighted by Gasteiger charge is -2.34. The van der Waals surface area contributed by atoms with Crippen LogP contribution in [0, 0.1) is 5.92 Å². The topological polar surface area (TPSA) is 99.2 Å². The molecule has 1 aliphatic heterocycles. The molecule has 3 N–H and O–H groups in total. The number of sulfonamides is 1. The van der Waals surface area contributed by atoms with Gasteiger partial charge in [0.05, 0.1) is 6.26 Å². The third-order valence-electron chi connectivity index (χ3n) is 4.29. The maximum absolute atomic E-state index is 11.7. The van der Waals surface area contributed by atoms with Crippen LogP contribution in [-0.4, -0.2) is 67.1 Å². The lowest BCUT2D eigenvalue weighted by atomic mass is 9.99. The van der Waals surface area contributed by atoms with Crippen molar-refractivity contribution in [1.82, 2.24) is 9.21 Å². The molecule has 0 spiro atoms. The van der Waals surface area contributed by atoms with Crippen LogP contribution in [0.25, 0.3) is 0 Å². The molecule has 0 bridgehead atoms. The lowest BCUT2D eigenvalue weighted by Crippen LogP contribution is -2.44. The third kappa shape index (κ3) is 5.12.